The van der Waals surface area contributed by atoms with Crippen molar-refractivity contribution in [3.63, 3.8) is 0 Å². The molecular formula is C17H27N3O2. The third-order valence-corrected chi connectivity index (χ3v) is 5.02. The van der Waals surface area contributed by atoms with Gasteiger partial charge in [-0.15, -0.1) is 0 Å². The third kappa shape index (κ3) is 3.26. The molecule has 0 amide bonds. The highest BCUT2D eigenvalue weighted by Crippen LogP contribution is 2.27. The van der Waals surface area contributed by atoms with E-state index in [1.807, 2.05) is 6.92 Å². The smallest absolute Gasteiger partial charge is 0.133 e. The summed E-state index contributed by atoms with van der Waals surface area (Å²) in [4.78, 5) is 9.46. The molecule has 0 radical (unpaired) electrons. The number of aromatic nitrogens is 1. The van der Waals surface area contributed by atoms with Crippen molar-refractivity contribution in [3.8, 4) is 0 Å². The molecule has 3 heterocycles. The molecule has 2 aliphatic rings. The van der Waals surface area contributed by atoms with Crippen LogP contribution in [0.2, 0.25) is 0 Å². The lowest BCUT2D eigenvalue weighted by Crippen LogP contribution is -2.46. The number of aliphatic hydroxyl groups is 1. The van der Waals surface area contributed by atoms with Gasteiger partial charge in [0, 0.05) is 50.7 Å². The zero-order valence-electron chi connectivity index (χ0n) is 13.7. The van der Waals surface area contributed by atoms with Crippen LogP contribution >= 0.6 is 0 Å². The molecule has 2 aliphatic heterocycles. The molecule has 1 saturated heterocycles. The van der Waals surface area contributed by atoms with Gasteiger partial charge in [-0.2, -0.15) is 0 Å². The van der Waals surface area contributed by atoms with Crippen molar-refractivity contribution in [3.05, 3.63) is 23.4 Å². The molecule has 5 nitrogen and oxygen atoms in total. The van der Waals surface area contributed by atoms with Crippen LogP contribution < -0.4 is 4.90 Å². The molecule has 1 N–H and O–H groups in total. The molecule has 1 aromatic heterocycles. The number of likely N-dealkylation sites (N-methyl/N-ethyl adjacent to an activating group) is 1. The quantitative estimate of drug-likeness (QED) is 0.899. The largest absolute Gasteiger partial charge is 0.394 e. The summed E-state index contributed by atoms with van der Waals surface area (Å²) < 4.78 is 5.50. The minimum absolute atomic E-state index is 0.135. The SMILES string of the molecule is Cc1ccc2c(n1)N(C)[C@H](CO)CCN(C1CCOCC1)C2. The lowest BCUT2D eigenvalue weighted by Gasteiger charge is -2.39. The van der Waals surface area contributed by atoms with E-state index in [2.05, 4.69) is 29.0 Å². The Balaban J connectivity index is 1.89. The highest BCUT2D eigenvalue weighted by Gasteiger charge is 2.28. The van der Waals surface area contributed by atoms with Gasteiger partial charge in [-0.25, -0.2) is 4.98 Å². The Morgan fingerprint density at radius 2 is 2.05 bits per heavy atom. The highest BCUT2D eigenvalue weighted by atomic mass is 16.5. The lowest BCUT2D eigenvalue weighted by atomic mass is 10.0. The van der Waals surface area contributed by atoms with E-state index in [-0.39, 0.29) is 12.6 Å². The number of pyridine rings is 1. The van der Waals surface area contributed by atoms with Gasteiger partial charge in [0.1, 0.15) is 5.82 Å². The van der Waals surface area contributed by atoms with E-state index in [4.69, 9.17) is 9.72 Å². The van der Waals surface area contributed by atoms with Crippen LogP contribution in [0, 0.1) is 6.92 Å². The minimum atomic E-state index is 0.135. The van der Waals surface area contributed by atoms with E-state index in [9.17, 15) is 5.11 Å². The standard InChI is InChI=1S/C17H27N3O2/c1-13-3-4-14-11-20(15-6-9-22-10-7-15)8-5-16(12-21)19(2)17(14)18-13/h3-4,15-16,21H,5-12H2,1-2H3/t16-/m0/s1. The number of hydrogen-bond acceptors (Lipinski definition) is 5. The van der Waals surface area contributed by atoms with Gasteiger partial charge in [-0.1, -0.05) is 6.07 Å². The number of nitrogens with zero attached hydrogens (tertiary/aromatic N) is 3. The Morgan fingerprint density at radius 3 is 2.77 bits per heavy atom. The van der Waals surface area contributed by atoms with Crippen molar-refractivity contribution >= 4 is 5.82 Å². The van der Waals surface area contributed by atoms with Crippen LogP contribution in [0.15, 0.2) is 12.1 Å². The van der Waals surface area contributed by atoms with Crippen LogP contribution in [-0.4, -0.2) is 60.5 Å². The van der Waals surface area contributed by atoms with Gasteiger partial charge in [0.15, 0.2) is 0 Å². The molecule has 0 bridgehead atoms. The Hall–Kier alpha value is -1.17. The Morgan fingerprint density at radius 1 is 1.27 bits per heavy atom. The van der Waals surface area contributed by atoms with Crippen molar-refractivity contribution < 1.29 is 9.84 Å². The molecule has 1 atom stereocenters. The molecule has 1 fully saturated rings. The molecule has 0 aliphatic carbocycles. The Kier molecular flexibility index (Phi) is 4.96. The van der Waals surface area contributed by atoms with Crippen LogP contribution in [0.1, 0.15) is 30.5 Å². The van der Waals surface area contributed by atoms with E-state index in [1.54, 1.807) is 0 Å². The maximum atomic E-state index is 9.76. The predicted molar refractivity (Wildman–Crippen MR) is 87.1 cm³/mol. The van der Waals surface area contributed by atoms with Crippen molar-refractivity contribution in [1.29, 1.82) is 0 Å². The second kappa shape index (κ2) is 6.94. The van der Waals surface area contributed by atoms with E-state index in [0.717, 1.165) is 57.1 Å². The van der Waals surface area contributed by atoms with Crippen molar-refractivity contribution in [2.45, 2.75) is 44.8 Å². The lowest BCUT2D eigenvalue weighted by molar-refractivity contribution is 0.0284. The van der Waals surface area contributed by atoms with Gasteiger partial charge < -0.3 is 14.7 Å². The van der Waals surface area contributed by atoms with Gasteiger partial charge in [0.25, 0.3) is 0 Å². The predicted octanol–water partition coefficient (Wildman–Crippen LogP) is 1.57. The topological polar surface area (TPSA) is 48.8 Å². The molecule has 22 heavy (non-hydrogen) atoms. The number of ether oxygens (including phenoxy) is 1. The minimum Gasteiger partial charge on any atom is -0.394 e. The molecule has 0 unspecified atom stereocenters. The first-order valence-electron chi connectivity index (χ1n) is 8.31. The summed E-state index contributed by atoms with van der Waals surface area (Å²) in [5.41, 5.74) is 2.29. The number of anilines is 1. The van der Waals surface area contributed by atoms with Gasteiger partial charge >= 0.3 is 0 Å². The Labute approximate surface area is 132 Å². The van der Waals surface area contributed by atoms with E-state index in [0.29, 0.717) is 6.04 Å². The summed E-state index contributed by atoms with van der Waals surface area (Å²) in [7, 11) is 2.05. The molecule has 122 valence electrons. The third-order valence-electron chi connectivity index (χ3n) is 5.02. The maximum Gasteiger partial charge on any atom is 0.133 e. The number of hydrogen-bond donors (Lipinski definition) is 1. The van der Waals surface area contributed by atoms with Gasteiger partial charge in [-0.3, -0.25) is 4.90 Å². The zero-order chi connectivity index (χ0) is 15.5. The second-order valence-corrected chi connectivity index (χ2v) is 6.49. The molecule has 5 heteroatoms. The number of fused-ring (bicyclic) bond motifs is 1. The first-order valence-corrected chi connectivity index (χ1v) is 8.31. The highest BCUT2D eigenvalue weighted by molar-refractivity contribution is 5.48. The van der Waals surface area contributed by atoms with E-state index in [1.165, 1.54) is 5.56 Å². The first kappa shape index (κ1) is 15.7. The summed E-state index contributed by atoms with van der Waals surface area (Å²) in [5, 5.41) is 9.76. The number of rotatable bonds is 2. The van der Waals surface area contributed by atoms with Crippen LogP contribution in [0.5, 0.6) is 0 Å². The van der Waals surface area contributed by atoms with E-state index < -0.39 is 0 Å². The van der Waals surface area contributed by atoms with Crippen LogP contribution in [0.4, 0.5) is 5.82 Å². The normalized spacial score (nSPS) is 24.7. The average Bonchev–Trinajstić information content (AvgIpc) is 2.54. The van der Waals surface area contributed by atoms with Crippen molar-refractivity contribution in [2.75, 3.05) is 38.3 Å². The second-order valence-electron chi connectivity index (χ2n) is 6.49. The first-order chi connectivity index (χ1) is 10.7. The van der Waals surface area contributed by atoms with Crippen LogP contribution in [0.3, 0.4) is 0 Å². The molecule has 3 rings (SSSR count). The zero-order valence-corrected chi connectivity index (χ0v) is 13.7. The molecular weight excluding hydrogens is 278 g/mol. The van der Waals surface area contributed by atoms with Gasteiger partial charge in [-0.05, 0) is 32.3 Å². The number of aliphatic hydroxyl groups excluding tert-OH is 1. The summed E-state index contributed by atoms with van der Waals surface area (Å²) in [6.45, 7) is 5.89. The summed E-state index contributed by atoms with van der Waals surface area (Å²) in [6, 6.07) is 5.01. The van der Waals surface area contributed by atoms with Crippen molar-refractivity contribution in [2.24, 2.45) is 0 Å². The molecule has 0 spiro atoms. The maximum absolute atomic E-state index is 9.76. The summed E-state index contributed by atoms with van der Waals surface area (Å²) in [6.07, 6.45) is 3.18. The fourth-order valence-electron chi connectivity index (χ4n) is 3.56. The Bertz CT molecular complexity index is 503. The average molecular weight is 305 g/mol. The van der Waals surface area contributed by atoms with Gasteiger partial charge in [0.05, 0.1) is 12.6 Å². The number of aryl methyl sites for hydroxylation is 1. The van der Waals surface area contributed by atoms with Crippen molar-refractivity contribution in [1.82, 2.24) is 9.88 Å². The summed E-state index contributed by atoms with van der Waals surface area (Å²) >= 11 is 0. The van der Waals surface area contributed by atoms with Crippen LogP contribution in [0.25, 0.3) is 0 Å². The molecule has 0 aromatic carbocycles. The fraction of sp³-hybridized carbons (Fsp3) is 0.706. The molecule has 1 aromatic rings. The summed E-state index contributed by atoms with van der Waals surface area (Å²) in [5.74, 6) is 1.02. The monoisotopic (exact) mass is 305 g/mol. The van der Waals surface area contributed by atoms with Crippen LogP contribution in [-0.2, 0) is 11.3 Å². The van der Waals surface area contributed by atoms with E-state index >= 15 is 0 Å². The van der Waals surface area contributed by atoms with Gasteiger partial charge in [0.2, 0.25) is 0 Å². The molecule has 0 saturated carbocycles. The fourth-order valence-corrected chi connectivity index (χ4v) is 3.56.